The molecule has 18 heavy (non-hydrogen) atoms. The molecule has 6 heteroatoms. The van der Waals surface area contributed by atoms with E-state index in [1.54, 1.807) is 24.3 Å². The second kappa shape index (κ2) is 4.07. The summed E-state index contributed by atoms with van der Waals surface area (Å²) in [7, 11) is -2.94. The standard InChI is InChI=1S/C12H11NO3S2/c14-9-3-1-8(2-4-9)12-13-10-5-6-18(15,16)7-11(10)17-12/h1-4,14H,5-7H2. The average Bonchev–Trinajstić information content (AvgIpc) is 2.71. The summed E-state index contributed by atoms with van der Waals surface area (Å²) in [5, 5.41) is 10.1. The number of benzene rings is 1. The van der Waals surface area contributed by atoms with Crippen LogP contribution in [0, 0.1) is 0 Å². The van der Waals surface area contributed by atoms with Gasteiger partial charge in [-0.15, -0.1) is 11.3 Å². The normalized spacial score (nSPS) is 17.3. The molecule has 2 aromatic rings. The minimum atomic E-state index is -2.94. The van der Waals surface area contributed by atoms with Crippen LogP contribution >= 0.6 is 11.3 Å². The van der Waals surface area contributed by atoms with Gasteiger partial charge in [0.1, 0.15) is 10.8 Å². The third-order valence-corrected chi connectivity index (χ3v) is 5.78. The van der Waals surface area contributed by atoms with Gasteiger partial charge in [-0.05, 0) is 24.3 Å². The maximum Gasteiger partial charge on any atom is 0.155 e. The van der Waals surface area contributed by atoms with Crippen molar-refractivity contribution < 1.29 is 13.5 Å². The molecule has 0 radical (unpaired) electrons. The summed E-state index contributed by atoms with van der Waals surface area (Å²) >= 11 is 1.42. The lowest BCUT2D eigenvalue weighted by Crippen LogP contribution is -2.17. The summed E-state index contributed by atoms with van der Waals surface area (Å²) in [6.07, 6.45) is 0.506. The Morgan fingerprint density at radius 1 is 1.22 bits per heavy atom. The zero-order valence-electron chi connectivity index (χ0n) is 9.46. The molecule has 0 amide bonds. The van der Waals surface area contributed by atoms with E-state index in [1.807, 2.05) is 0 Å². The van der Waals surface area contributed by atoms with Crippen LogP contribution in [-0.2, 0) is 22.0 Å². The van der Waals surface area contributed by atoms with Crippen LogP contribution in [0.2, 0.25) is 0 Å². The number of aromatic nitrogens is 1. The van der Waals surface area contributed by atoms with Gasteiger partial charge in [-0.25, -0.2) is 13.4 Å². The van der Waals surface area contributed by atoms with Crippen molar-refractivity contribution in [3.63, 3.8) is 0 Å². The highest BCUT2D eigenvalue weighted by molar-refractivity contribution is 7.90. The molecule has 1 aromatic heterocycles. The summed E-state index contributed by atoms with van der Waals surface area (Å²) < 4.78 is 23.1. The number of phenolic OH excluding ortho intramolecular Hbond substituents is 1. The molecule has 0 fully saturated rings. The van der Waals surface area contributed by atoms with E-state index in [-0.39, 0.29) is 17.3 Å². The summed E-state index contributed by atoms with van der Waals surface area (Å²) in [6, 6.07) is 6.78. The number of fused-ring (bicyclic) bond motifs is 1. The Bertz CT molecular complexity index is 687. The van der Waals surface area contributed by atoms with Gasteiger partial charge >= 0.3 is 0 Å². The Morgan fingerprint density at radius 3 is 2.67 bits per heavy atom. The van der Waals surface area contributed by atoms with Gasteiger partial charge in [0.15, 0.2) is 9.84 Å². The molecule has 0 unspecified atom stereocenters. The minimum absolute atomic E-state index is 0.109. The zero-order valence-corrected chi connectivity index (χ0v) is 11.1. The topological polar surface area (TPSA) is 67.3 Å². The van der Waals surface area contributed by atoms with E-state index < -0.39 is 9.84 Å². The minimum Gasteiger partial charge on any atom is -0.508 e. The molecule has 0 aliphatic carbocycles. The highest BCUT2D eigenvalue weighted by Gasteiger charge is 2.25. The lowest BCUT2D eigenvalue weighted by atomic mass is 10.2. The first kappa shape index (κ1) is 11.7. The molecule has 0 bridgehead atoms. The molecule has 1 N–H and O–H groups in total. The van der Waals surface area contributed by atoms with E-state index in [0.717, 1.165) is 21.1 Å². The Kier molecular flexibility index (Phi) is 2.64. The monoisotopic (exact) mass is 281 g/mol. The molecule has 0 saturated carbocycles. The molecule has 1 aliphatic heterocycles. The van der Waals surface area contributed by atoms with Gasteiger partial charge in [0.2, 0.25) is 0 Å². The van der Waals surface area contributed by atoms with Gasteiger partial charge in [-0.2, -0.15) is 0 Å². The predicted molar refractivity (Wildman–Crippen MR) is 70.4 cm³/mol. The van der Waals surface area contributed by atoms with E-state index in [4.69, 9.17) is 0 Å². The SMILES string of the molecule is O=S1(=O)CCc2nc(-c3ccc(O)cc3)sc2C1. The van der Waals surface area contributed by atoms with Crippen LogP contribution in [0.3, 0.4) is 0 Å². The van der Waals surface area contributed by atoms with Crippen molar-refractivity contribution >= 4 is 21.2 Å². The van der Waals surface area contributed by atoms with Crippen LogP contribution < -0.4 is 0 Å². The zero-order chi connectivity index (χ0) is 12.8. The van der Waals surface area contributed by atoms with E-state index >= 15 is 0 Å². The molecule has 4 nitrogen and oxygen atoms in total. The van der Waals surface area contributed by atoms with E-state index in [9.17, 15) is 13.5 Å². The molecule has 0 atom stereocenters. The highest BCUT2D eigenvalue weighted by Crippen LogP contribution is 2.32. The van der Waals surface area contributed by atoms with Crippen molar-refractivity contribution in [2.75, 3.05) is 5.75 Å². The fourth-order valence-electron chi connectivity index (χ4n) is 1.94. The molecule has 2 heterocycles. The Labute approximate surface area is 109 Å². The molecule has 1 aliphatic rings. The first-order valence-corrected chi connectivity index (χ1v) is 8.16. The molecule has 0 spiro atoms. The van der Waals surface area contributed by atoms with Gasteiger partial charge in [0, 0.05) is 16.9 Å². The lowest BCUT2D eigenvalue weighted by Gasteiger charge is -2.09. The van der Waals surface area contributed by atoms with Crippen LogP contribution in [0.15, 0.2) is 24.3 Å². The molecule has 1 aromatic carbocycles. The van der Waals surface area contributed by atoms with Crippen molar-refractivity contribution in [2.24, 2.45) is 0 Å². The molecule has 94 valence electrons. The fraction of sp³-hybridized carbons (Fsp3) is 0.250. The number of phenols is 1. The van der Waals surface area contributed by atoms with Gasteiger partial charge < -0.3 is 5.11 Å². The van der Waals surface area contributed by atoms with Gasteiger partial charge in [0.05, 0.1) is 17.2 Å². The summed E-state index contributed by atoms with van der Waals surface area (Å²) in [6.45, 7) is 0. The third-order valence-electron chi connectivity index (χ3n) is 2.89. The van der Waals surface area contributed by atoms with Crippen molar-refractivity contribution in [3.05, 3.63) is 34.8 Å². The molecular weight excluding hydrogens is 270 g/mol. The number of aryl methyl sites for hydroxylation is 1. The van der Waals surface area contributed by atoms with Crippen LogP contribution in [0.4, 0.5) is 0 Å². The smallest absolute Gasteiger partial charge is 0.155 e. The van der Waals surface area contributed by atoms with Crippen LogP contribution in [-0.4, -0.2) is 24.3 Å². The van der Waals surface area contributed by atoms with Crippen LogP contribution in [0.25, 0.3) is 10.6 Å². The number of nitrogens with zero attached hydrogens (tertiary/aromatic N) is 1. The van der Waals surface area contributed by atoms with Gasteiger partial charge in [-0.1, -0.05) is 0 Å². The average molecular weight is 281 g/mol. The first-order valence-electron chi connectivity index (χ1n) is 5.52. The van der Waals surface area contributed by atoms with E-state index in [1.165, 1.54) is 11.3 Å². The molecular formula is C12H11NO3S2. The third kappa shape index (κ3) is 2.13. The van der Waals surface area contributed by atoms with Crippen molar-refractivity contribution in [1.82, 2.24) is 4.98 Å². The highest BCUT2D eigenvalue weighted by atomic mass is 32.2. The summed E-state index contributed by atoms with van der Waals surface area (Å²) in [5.41, 5.74) is 1.81. The van der Waals surface area contributed by atoms with Crippen LogP contribution in [0.1, 0.15) is 10.6 Å². The number of hydrogen-bond acceptors (Lipinski definition) is 5. The number of sulfone groups is 1. The lowest BCUT2D eigenvalue weighted by molar-refractivity contribution is 0.475. The van der Waals surface area contributed by atoms with Gasteiger partial charge in [0.25, 0.3) is 0 Å². The number of thiazole rings is 1. The Balaban J connectivity index is 2.01. The molecule has 3 rings (SSSR count). The van der Waals surface area contributed by atoms with E-state index in [0.29, 0.717) is 6.42 Å². The van der Waals surface area contributed by atoms with E-state index in [2.05, 4.69) is 4.98 Å². The number of rotatable bonds is 1. The quantitative estimate of drug-likeness (QED) is 0.868. The largest absolute Gasteiger partial charge is 0.508 e. The van der Waals surface area contributed by atoms with Crippen molar-refractivity contribution in [3.8, 4) is 16.3 Å². The van der Waals surface area contributed by atoms with Crippen molar-refractivity contribution in [1.29, 1.82) is 0 Å². The summed E-state index contributed by atoms with van der Waals surface area (Å²) in [4.78, 5) is 5.34. The van der Waals surface area contributed by atoms with Crippen molar-refractivity contribution in [2.45, 2.75) is 12.2 Å². The maximum atomic E-state index is 11.5. The summed E-state index contributed by atoms with van der Waals surface area (Å²) in [5.74, 6) is 0.513. The Morgan fingerprint density at radius 2 is 1.94 bits per heavy atom. The van der Waals surface area contributed by atoms with Crippen LogP contribution in [0.5, 0.6) is 5.75 Å². The number of aromatic hydroxyl groups is 1. The van der Waals surface area contributed by atoms with Gasteiger partial charge in [-0.3, -0.25) is 0 Å². The molecule has 0 saturated heterocycles. The second-order valence-corrected chi connectivity index (χ2v) is 7.55. The Hall–Kier alpha value is -1.40. The fourth-order valence-corrected chi connectivity index (χ4v) is 4.84. The number of hydrogen-bond donors (Lipinski definition) is 1. The second-order valence-electron chi connectivity index (χ2n) is 4.28. The predicted octanol–water partition coefficient (Wildman–Crippen LogP) is 1.99. The first-order chi connectivity index (χ1) is 8.53. The maximum absolute atomic E-state index is 11.5.